The molecule has 3 rings (SSSR count). The van der Waals surface area contributed by atoms with Gasteiger partial charge in [-0.2, -0.15) is 8.78 Å². The van der Waals surface area contributed by atoms with E-state index in [1.54, 1.807) is 30.3 Å². The summed E-state index contributed by atoms with van der Waals surface area (Å²) < 4.78 is 27.0. The molecule has 0 bridgehead atoms. The van der Waals surface area contributed by atoms with E-state index in [0.717, 1.165) is 10.9 Å². The summed E-state index contributed by atoms with van der Waals surface area (Å²) in [5.74, 6) is -3.50. The number of para-hydroxylation sites is 1. The number of nitrogens with one attached hydrogen (secondary N) is 1. The summed E-state index contributed by atoms with van der Waals surface area (Å²) in [4.78, 5) is 7.02. The molecule has 17 heavy (non-hydrogen) atoms. The van der Waals surface area contributed by atoms with E-state index in [2.05, 4.69) is 15.0 Å². The molecular formula is C11H8F2N2O2. The quantitative estimate of drug-likeness (QED) is 0.796. The number of halogens is 2. The maximum absolute atomic E-state index is 13.5. The van der Waals surface area contributed by atoms with Crippen LogP contribution in [-0.4, -0.2) is 28.0 Å². The molecule has 4 nitrogen and oxygen atoms in total. The van der Waals surface area contributed by atoms with Gasteiger partial charge in [-0.25, -0.2) is 0 Å². The summed E-state index contributed by atoms with van der Waals surface area (Å²) in [5, 5.41) is 13.0. The first kappa shape index (κ1) is 10.2. The van der Waals surface area contributed by atoms with Crippen molar-refractivity contribution in [1.29, 1.82) is 0 Å². The van der Waals surface area contributed by atoms with Gasteiger partial charge in [-0.1, -0.05) is 23.4 Å². The number of H-pyrrole nitrogens is 1. The molecule has 0 amide bonds. The van der Waals surface area contributed by atoms with E-state index < -0.39 is 17.9 Å². The number of hydrogen-bond acceptors (Lipinski definition) is 3. The van der Waals surface area contributed by atoms with E-state index in [-0.39, 0.29) is 5.69 Å². The summed E-state index contributed by atoms with van der Waals surface area (Å²) >= 11 is 0. The molecule has 2 N–H and O–H groups in total. The number of oxime groups is 1. The third-order valence-electron chi connectivity index (χ3n) is 2.65. The van der Waals surface area contributed by atoms with Crippen molar-refractivity contribution in [2.75, 3.05) is 0 Å². The third kappa shape index (κ3) is 1.41. The summed E-state index contributed by atoms with van der Waals surface area (Å²) in [7, 11) is 0. The zero-order valence-electron chi connectivity index (χ0n) is 8.52. The third-order valence-corrected chi connectivity index (χ3v) is 2.65. The first-order valence-electron chi connectivity index (χ1n) is 4.97. The van der Waals surface area contributed by atoms with Crippen molar-refractivity contribution in [2.24, 2.45) is 5.16 Å². The first-order chi connectivity index (χ1) is 8.09. The SMILES string of the molecule is OC1ON=C(c2cc3ccccc3[nH]2)C1(F)F. The molecule has 6 heteroatoms. The van der Waals surface area contributed by atoms with Crippen LogP contribution in [-0.2, 0) is 4.84 Å². The number of aromatic nitrogens is 1. The zero-order valence-corrected chi connectivity index (χ0v) is 8.52. The van der Waals surface area contributed by atoms with Gasteiger partial charge in [0.15, 0.2) is 5.71 Å². The minimum Gasteiger partial charge on any atom is -0.356 e. The molecule has 1 aromatic heterocycles. The van der Waals surface area contributed by atoms with Crippen LogP contribution in [0.3, 0.4) is 0 Å². The van der Waals surface area contributed by atoms with Gasteiger partial charge in [-0.05, 0) is 12.1 Å². The minimum absolute atomic E-state index is 0.146. The summed E-state index contributed by atoms with van der Waals surface area (Å²) in [5.41, 5.74) is 0.288. The highest BCUT2D eigenvalue weighted by Crippen LogP contribution is 2.31. The van der Waals surface area contributed by atoms with Gasteiger partial charge in [0, 0.05) is 10.9 Å². The fourth-order valence-electron chi connectivity index (χ4n) is 1.78. The zero-order chi connectivity index (χ0) is 12.0. The molecule has 0 fully saturated rings. The van der Waals surface area contributed by atoms with E-state index in [4.69, 9.17) is 5.11 Å². The van der Waals surface area contributed by atoms with E-state index >= 15 is 0 Å². The van der Waals surface area contributed by atoms with Crippen LogP contribution in [0.2, 0.25) is 0 Å². The van der Waals surface area contributed by atoms with Crippen LogP contribution in [0.4, 0.5) is 8.78 Å². The van der Waals surface area contributed by atoms with E-state index in [1.807, 2.05) is 0 Å². The van der Waals surface area contributed by atoms with Gasteiger partial charge < -0.3 is 14.9 Å². The number of rotatable bonds is 1. The number of benzene rings is 1. The Morgan fingerprint density at radius 2 is 2.12 bits per heavy atom. The van der Waals surface area contributed by atoms with Crippen LogP contribution in [0.15, 0.2) is 35.5 Å². The topological polar surface area (TPSA) is 57.6 Å². The highest BCUT2D eigenvalue weighted by atomic mass is 19.3. The van der Waals surface area contributed by atoms with Gasteiger partial charge >= 0.3 is 5.92 Å². The Labute approximate surface area is 94.5 Å². The number of aliphatic hydroxyl groups excluding tert-OH is 1. The van der Waals surface area contributed by atoms with Crippen molar-refractivity contribution in [3.63, 3.8) is 0 Å². The van der Waals surface area contributed by atoms with Crippen LogP contribution < -0.4 is 0 Å². The summed E-state index contributed by atoms with van der Waals surface area (Å²) in [6, 6.07) is 8.70. The number of hydrogen-bond donors (Lipinski definition) is 2. The Morgan fingerprint density at radius 3 is 2.76 bits per heavy atom. The second-order valence-electron chi connectivity index (χ2n) is 3.79. The lowest BCUT2D eigenvalue weighted by Gasteiger charge is -2.11. The second-order valence-corrected chi connectivity index (χ2v) is 3.79. The predicted molar refractivity (Wildman–Crippen MR) is 56.9 cm³/mol. The van der Waals surface area contributed by atoms with Crippen LogP contribution >= 0.6 is 0 Å². The van der Waals surface area contributed by atoms with Crippen molar-refractivity contribution < 1.29 is 18.7 Å². The molecule has 1 aromatic carbocycles. The molecule has 1 aliphatic heterocycles. The number of alkyl halides is 2. The number of fused-ring (bicyclic) bond motifs is 1. The van der Waals surface area contributed by atoms with Gasteiger partial charge in [-0.15, -0.1) is 0 Å². The molecular weight excluding hydrogens is 230 g/mol. The Bertz CT molecular complexity index is 573. The lowest BCUT2D eigenvalue weighted by Crippen LogP contribution is -2.37. The molecule has 0 spiro atoms. The van der Waals surface area contributed by atoms with Crippen molar-refractivity contribution in [1.82, 2.24) is 4.98 Å². The fraction of sp³-hybridized carbons (Fsp3) is 0.182. The smallest absolute Gasteiger partial charge is 0.356 e. The van der Waals surface area contributed by atoms with Crippen LogP contribution in [0.5, 0.6) is 0 Å². The van der Waals surface area contributed by atoms with E-state index in [9.17, 15) is 8.78 Å². The van der Waals surface area contributed by atoms with Gasteiger partial charge in [0.25, 0.3) is 6.29 Å². The molecule has 0 saturated carbocycles. The number of aliphatic hydroxyl groups is 1. The Morgan fingerprint density at radius 1 is 1.35 bits per heavy atom. The highest BCUT2D eigenvalue weighted by molar-refractivity contribution is 6.07. The standard InChI is InChI=1S/C11H8F2N2O2/c12-11(13)9(15-17-10(11)16)8-5-6-3-1-2-4-7(6)14-8/h1-5,10,14,16H. The van der Waals surface area contributed by atoms with Crippen molar-refractivity contribution in [2.45, 2.75) is 12.2 Å². The maximum atomic E-state index is 13.5. The van der Waals surface area contributed by atoms with Crippen LogP contribution in [0, 0.1) is 0 Å². The van der Waals surface area contributed by atoms with Gasteiger partial charge in [-0.3, -0.25) is 0 Å². The molecule has 2 aromatic rings. The minimum atomic E-state index is -3.50. The molecule has 1 atom stereocenters. The van der Waals surface area contributed by atoms with Crippen LogP contribution in [0.25, 0.3) is 10.9 Å². The fourth-order valence-corrected chi connectivity index (χ4v) is 1.78. The second kappa shape index (κ2) is 3.27. The Balaban J connectivity index is 2.11. The molecule has 0 aliphatic carbocycles. The lowest BCUT2D eigenvalue weighted by atomic mass is 10.1. The summed E-state index contributed by atoms with van der Waals surface area (Å²) in [6.07, 6.45) is -2.22. The monoisotopic (exact) mass is 238 g/mol. The van der Waals surface area contributed by atoms with E-state index in [0.29, 0.717) is 0 Å². The molecule has 0 saturated heterocycles. The Kier molecular flexibility index (Phi) is 1.97. The molecule has 2 heterocycles. The first-order valence-corrected chi connectivity index (χ1v) is 4.97. The highest BCUT2D eigenvalue weighted by Gasteiger charge is 2.52. The van der Waals surface area contributed by atoms with Crippen molar-refractivity contribution in [3.05, 3.63) is 36.0 Å². The molecule has 88 valence electrons. The average Bonchev–Trinajstić information content (AvgIpc) is 2.81. The molecule has 1 aliphatic rings. The predicted octanol–water partition coefficient (Wildman–Crippen LogP) is 1.86. The summed E-state index contributed by atoms with van der Waals surface area (Å²) in [6.45, 7) is 0. The van der Waals surface area contributed by atoms with E-state index in [1.165, 1.54) is 0 Å². The van der Waals surface area contributed by atoms with Gasteiger partial charge in [0.1, 0.15) is 0 Å². The average molecular weight is 238 g/mol. The van der Waals surface area contributed by atoms with Crippen molar-refractivity contribution >= 4 is 16.6 Å². The van der Waals surface area contributed by atoms with Crippen molar-refractivity contribution in [3.8, 4) is 0 Å². The van der Waals surface area contributed by atoms with Crippen LogP contribution in [0.1, 0.15) is 5.69 Å². The van der Waals surface area contributed by atoms with Gasteiger partial charge in [0.2, 0.25) is 0 Å². The maximum Gasteiger partial charge on any atom is 0.357 e. The normalized spacial score (nSPS) is 22.5. The number of nitrogens with zero attached hydrogens (tertiary/aromatic N) is 1. The largest absolute Gasteiger partial charge is 0.357 e. The van der Waals surface area contributed by atoms with Gasteiger partial charge in [0.05, 0.1) is 5.69 Å². The number of aromatic amines is 1. The lowest BCUT2D eigenvalue weighted by molar-refractivity contribution is -0.180. The molecule has 0 radical (unpaired) electrons. The Hall–Kier alpha value is -1.95. The molecule has 1 unspecified atom stereocenters.